The Hall–Kier alpha value is -2.42. The third-order valence-corrected chi connectivity index (χ3v) is 2.89. The van der Waals surface area contributed by atoms with Crippen molar-refractivity contribution < 1.29 is 9.59 Å². The number of Topliss-reactive ketones (excluding diaryl/α,β-unsaturated/α-hetero) is 1. The van der Waals surface area contributed by atoms with Crippen LogP contribution in [0.15, 0.2) is 60.7 Å². The van der Waals surface area contributed by atoms with Gasteiger partial charge in [0.1, 0.15) is 5.78 Å². The topological polar surface area (TPSA) is 37.4 Å². The summed E-state index contributed by atoms with van der Waals surface area (Å²) in [5.74, 6) is 0.294. The van der Waals surface area contributed by atoms with Gasteiger partial charge in [-0.1, -0.05) is 60.7 Å². The van der Waals surface area contributed by atoms with Crippen molar-refractivity contribution in [2.75, 3.05) is 13.6 Å². The van der Waals surface area contributed by atoms with Crippen molar-refractivity contribution in [2.24, 2.45) is 0 Å². The van der Waals surface area contributed by atoms with E-state index in [-0.39, 0.29) is 11.7 Å². The number of carbonyl (C=O) groups excluding carboxylic acids is 2. The van der Waals surface area contributed by atoms with E-state index in [1.54, 1.807) is 18.9 Å². The van der Waals surface area contributed by atoms with Gasteiger partial charge in [-0.15, -0.1) is 0 Å². The fourth-order valence-electron chi connectivity index (χ4n) is 1.48. The number of amides is 1. The molecule has 0 saturated carbocycles. The average molecular weight is 313 g/mol. The molecule has 0 heterocycles. The second kappa shape index (κ2) is 12.2. The Morgan fingerprint density at radius 1 is 0.783 bits per heavy atom. The highest BCUT2D eigenvalue weighted by molar-refractivity contribution is 5.72. The molecule has 0 radical (unpaired) electrons. The lowest BCUT2D eigenvalue weighted by Gasteiger charge is -2.09. The smallest absolute Gasteiger partial charge is 0.219 e. The minimum absolute atomic E-state index is 0.127. The monoisotopic (exact) mass is 313 g/mol. The molecule has 3 heteroatoms. The van der Waals surface area contributed by atoms with Crippen molar-refractivity contribution in [3.8, 4) is 11.1 Å². The van der Waals surface area contributed by atoms with Crippen molar-refractivity contribution in [3.63, 3.8) is 0 Å². The number of benzene rings is 2. The molecular formula is C20H27NO2. The van der Waals surface area contributed by atoms with Crippen LogP contribution in [0.4, 0.5) is 0 Å². The molecule has 0 N–H and O–H groups in total. The number of ketones is 1. The number of rotatable bonds is 2. The predicted molar refractivity (Wildman–Crippen MR) is 97.2 cm³/mol. The van der Waals surface area contributed by atoms with Crippen molar-refractivity contribution in [2.45, 2.75) is 27.7 Å². The molecule has 0 aliphatic carbocycles. The second-order valence-electron chi connectivity index (χ2n) is 5.17. The van der Waals surface area contributed by atoms with Gasteiger partial charge < -0.3 is 9.69 Å². The zero-order valence-corrected chi connectivity index (χ0v) is 14.7. The molecule has 1 amide bonds. The number of hydrogen-bond acceptors (Lipinski definition) is 2. The summed E-state index contributed by atoms with van der Waals surface area (Å²) in [6.45, 7) is 7.36. The van der Waals surface area contributed by atoms with Crippen LogP contribution >= 0.6 is 0 Å². The van der Waals surface area contributed by atoms with Gasteiger partial charge in [-0.05, 0) is 31.9 Å². The fourth-order valence-corrected chi connectivity index (χ4v) is 1.48. The molecule has 0 aliphatic rings. The van der Waals surface area contributed by atoms with Gasteiger partial charge in [-0.25, -0.2) is 0 Å². The maximum absolute atomic E-state index is 10.3. The van der Waals surface area contributed by atoms with Gasteiger partial charge in [0.2, 0.25) is 5.91 Å². The average Bonchev–Trinajstić information content (AvgIpc) is 2.55. The highest BCUT2D eigenvalue weighted by atomic mass is 16.2. The lowest BCUT2D eigenvalue weighted by atomic mass is 10.1. The summed E-state index contributed by atoms with van der Waals surface area (Å²) in [6, 6.07) is 20.8. The van der Waals surface area contributed by atoms with Crippen molar-refractivity contribution in [1.82, 2.24) is 4.90 Å². The van der Waals surface area contributed by atoms with Crippen LogP contribution in [0.5, 0.6) is 0 Å². The SMILES string of the molecule is CC(C)=O.CCN(C)C(C)=O.c1ccc(-c2ccccc2)cc1. The summed E-state index contributed by atoms with van der Waals surface area (Å²) in [7, 11) is 1.78. The van der Waals surface area contributed by atoms with Gasteiger partial charge in [-0.3, -0.25) is 4.79 Å². The normalized spacial score (nSPS) is 8.74. The highest BCUT2D eigenvalue weighted by Crippen LogP contribution is 2.17. The maximum Gasteiger partial charge on any atom is 0.219 e. The molecule has 3 nitrogen and oxygen atoms in total. The van der Waals surface area contributed by atoms with E-state index < -0.39 is 0 Å². The lowest BCUT2D eigenvalue weighted by Crippen LogP contribution is -2.22. The molecule has 2 aromatic carbocycles. The van der Waals surface area contributed by atoms with E-state index in [2.05, 4.69) is 48.5 Å². The molecule has 0 saturated heterocycles. The van der Waals surface area contributed by atoms with Crippen LogP contribution in [0.2, 0.25) is 0 Å². The third kappa shape index (κ3) is 10.9. The third-order valence-electron chi connectivity index (χ3n) is 2.89. The zero-order valence-electron chi connectivity index (χ0n) is 14.7. The van der Waals surface area contributed by atoms with E-state index in [0.717, 1.165) is 6.54 Å². The van der Waals surface area contributed by atoms with Gasteiger partial charge in [-0.2, -0.15) is 0 Å². The van der Waals surface area contributed by atoms with E-state index in [1.165, 1.54) is 25.0 Å². The van der Waals surface area contributed by atoms with Gasteiger partial charge >= 0.3 is 0 Å². The molecule has 124 valence electrons. The summed E-state index contributed by atoms with van der Waals surface area (Å²) in [5.41, 5.74) is 2.55. The van der Waals surface area contributed by atoms with Crippen LogP contribution in [0.25, 0.3) is 11.1 Å². The van der Waals surface area contributed by atoms with Crippen LogP contribution in [0.3, 0.4) is 0 Å². The van der Waals surface area contributed by atoms with E-state index >= 15 is 0 Å². The molecule has 0 aromatic heterocycles. The van der Waals surface area contributed by atoms with Crippen LogP contribution in [0, 0.1) is 0 Å². The van der Waals surface area contributed by atoms with Gasteiger partial charge in [0.25, 0.3) is 0 Å². The van der Waals surface area contributed by atoms with Crippen molar-refractivity contribution in [3.05, 3.63) is 60.7 Å². The largest absolute Gasteiger partial charge is 0.346 e. The summed E-state index contributed by atoms with van der Waals surface area (Å²) < 4.78 is 0. The minimum atomic E-state index is 0.127. The molecule has 0 spiro atoms. The van der Waals surface area contributed by atoms with Crippen molar-refractivity contribution >= 4 is 11.7 Å². The van der Waals surface area contributed by atoms with Crippen LogP contribution in [-0.4, -0.2) is 30.2 Å². The Balaban J connectivity index is 0.000000377. The molecule has 23 heavy (non-hydrogen) atoms. The van der Waals surface area contributed by atoms with E-state index in [0.29, 0.717) is 0 Å². The van der Waals surface area contributed by atoms with Crippen LogP contribution < -0.4 is 0 Å². The fraction of sp³-hybridized carbons (Fsp3) is 0.300. The molecule has 0 atom stereocenters. The molecule has 2 rings (SSSR count). The first-order valence-corrected chi connectivity index (χ1v) is 7.67. The van der Waals surface area contributed by atoms with E-state index in [9.17, 15) is 9.59 Å². The highest BCUT2D eigenvalue weighted by Gasteiger charge is 1.93. The Morgan fingerprint density at radius 3 is 1.26 bits per heavy atom. The number of nitrogens with zero attached hydrogens (tertiary/aromatic N) is 1. The quantitative estimate of drug-likeness (QED) is 0.822. The Morgan fingerprint density at radius 2 is 1.09 bits per heavy atom. The van der Waals surface area contributed by atoms with E-state index in [1.807, 2.05) is 19.1 Å². The standard InChI is InChI=1S/C12H10.C5H11NO.C3H6O/c1-3-7-11(8-4-1)12-9-5-2-6-10-12;1-4-6(3)5(2)7;1-3(2)4/h1-10H;4H2,1-3H3;1-2H3. The first-order chi connectivity index (χ1) is 10.9. The number of carbonyl (C=O) groups is 2. The zero-order chi connectivity index (χ0) is 17.7. The molecule has 2 aromatic rings. The van der Waals surface area contributed by atoms with Crippen LogP contribution in [-0.2, 0) is 9.59 Å². The van der Waals surface area contributed by atoms with Crippen molar-refractivity contribution in [1.29, 1.82) is 0 Å². The second-order valence-corrected chi connectivity index (χ2v) is 5.17. The van der Waals surface area contributed by atoms with E-state index in [4.69, 9.17) is 0 Å². The summed E-state index contributed by atoms with van der Waals surface area (Å²) >= 11 is 0. The van der Waals surface area contributed by atoms with Gasteiger partial charge in [0.15, 0.2) is 0 Å². The Kier molecular flexibility index (Phi) is 10.9. The number of hydrogen-bond donors (Lipinski definition) is 0. The Labute approximate surface area is 140 Å². The lowest BCUT2D eigenvalue weighted by molar-refractivity contribution is -0.127. The Bertz CT molecular complexity index is 523. The molecular weight excluding hydrogens is 286 g/mol. The molecule has 0 unspecified atom stereocenters. The van der Waals surface area contributed by atoms with Crippen LogP contribution in [0.1, 0.15) is 27.7 Å². The summed E-state index contributed by atoms with van der Waals surface area (Å²) in [6.07, 6.45) is 0. The molecule has 0 aliphatic heterocycles. The maximum atomic E-state index is 10.3. The summed E-state index contributed by atoms with van der Waals surface area (Å²) in [4.78, 5) is 21.4. The summed E-state index contributed by atoms with van der Waals surface area (Å²) in [5, 5.41) is 0. The molecule has 0 bridgehead atoms. The first kappa shape index (κ1) is 20.6. The van der Waals surface area contributed by atoms with Gasteiger partial charge in [0.05, 0.1) is 0 Å². The molecule has 0 fully saturated rings. The minimum Gasteiger partial charge on any atom is -0.346 e. The van der Waals surface area contributed by atoms with Gasteiger partial charge in [0, 0.05) is 20.5 Å². The predicted octanol–water partition coefficient (Wildman–Crippen LogP) is 4.43. The first-order valence-electron chi connectivity index (χ1n) is 7.67.